The van der Waals surface area contributed by atoms with Gasteiger partial charge in [0, 0.05) is 10.2 Å². The molecule has 21 heavy (non-hydrogen) atoms. The summed E-state index contributed by atoms with van der Waals surface area (Å²) >= 11 is 9.24. The van der Waals surface area contributed by atoms with E-state index >= 15 is 0 Å². The van der Waals surface area contributed by atoms with E-state index in [2.05, 4.69) is 21.2 Å². The molecule has 2 nitrogen and oxygen atoms in total. The number of anilines is 2. The van der Waals surface area contributed by atoms with Gasteiger partial charge in [0.05, 0.1) is 27.9 Å². The van der Waals surface area contributed by atoms with Gasteiger partial charge < -0.3 is 5.32 Å². The lowest BCUT2D eigenvalue weighted by atomic mass is 10.1. The maximum Gasteiger partial charge on any atom is 0.417 e. The van der Waals surface area contributed by atoms with Crippen molar-refractivity contribution < 1.29 is 13.2 Å². The molecule has 2 aromatic carbocycles. The topological polar surface area (TPSA) is 35.8 Å². The highest BCUT2D eigenvalue weighted by molar-refractivity contribution is 9.10. The van der Waals surface area contributed by atoms with Gasteiger partial charge >= 0.3 is 6.18 Å². The molecule has 2 rings (SSSR count). The number of hydrogen-bond acceptors (Lipinski definition) is 2. The summed E-state index contributed by atoms with van der Waals surface area (Å²) in [6.07, 6.45) is -4.59. The van der Waals surface area contributed by atoms with Gasteiger partial charge in [0.15, 0.2) is 0 Å². The van der Waals surface area contributed by atoms with Gasteiger partial charge in [-0.05, 0) is 36.4 Å². The molecule has 0 heterocycles. The van der Waals surface area contributed by atoms with Crippen molar-refractivity contribution in [2.24, 2.45) is 0 Å². The number of nitrogens with zero attached hydrogens (tertiary/aromatic N) is 1. The molecule has 0 saturated heterocycles. The molecule has 0 aliphatic carbocycles. The van der Waals surface area contributed by atoms with Gasteiger partial charge in [-0.25, -0.2) is 0 Å². The van der Waals surface area contributed by atoms with E-state index in [-0.39, 0.29) is 5.69 Å². The third-order valence-electron chi connectivity index (χ3n) is 2.66. The smallest absolute Gasteiger partial charge is 0.354 e. The largest absolute Gasteiger partial charge is 0.417 e. The first kappa shape index (κ1) is 15.7. The summed E-state index contributed by atoms with van der Waals surface area (Å²) in [7, 11) is 0. The average Bonchev–Trinajstić information content (AvgIpc) is 2.41. The SMILES string of the molecule is N#Cc1ccc(Nc2ccc(Br)cc2Cl)cc1C(F)(F)F. The van der Waals surface area contributed by atoms with Crippen LogP contribution in [0, 0.1) is 11.3 Å². The molecule has 0 radical (unpaired) electrons. The number of benzene rings is 2. The fraction of sp³-hybridized carbons (Fsp3) is 0.0714. The van der Waals surface area contributed by atoms with E-state index in [1.54, 1.807) is 18.2 Å². The molecule has 1 N–H and O–H groups in total. The minimum Gasteiger partial charge on any atom is -0.354 e. The first-order valence-electron chi connectivity index (χ1n) is 5.64. The van der Waals surface area contributed by atoms with Crippen LogP contribution in [0.3, 0.4) is 0 Å². The standard InChI is InChI=1S/C14H7BrClF3N2/c15-9-2-4-13(12(16)5-9)21-10-3-1-8(7-20)11(6-10)14(17,18)19/h1-6,21H. The van der Waals surface area contributed by atoms with E-state index in [9.17, 15) is 13.2 Å². The maximum absolute atomic E-state index is 12.9. The van der Waals surface area contributed by atoms with Crippen molar-refractivity contribution in [3.63, 3.8) is 0 Å². The van der Waals surface area contributed by atoms with Gasteiger partial charge in [-0.3, -0.25) is 0 Å². The van der Waals surface area contributed by atoms with Crippen LogP contribution in [-0.2, 0) is 6.18 Å². The van der Waals surface area contributed by atoms with Crippen LogP contribution in [0.4, 0.5) is 24.5 Å². The number of hydrogen-bond donors (Lipinski definition) is 1. The maximum atomic E-state index is 12.9. The Kier molecular flexibility index (Phi) is 4.45. The van der Waals surface area contributed by atoms with E-state index in [0.29, 0.717) is 10.7 Å². The van der Waals surface area contributed by atoms with Crippen molar-refractivity contribution in [1.29, 1.82) is 5.26 Å². The fourth-order valence-corrected chi connectivity index (χ4v) is 2.42. The van der Waals surface area contributed by atoms with Crippen molar-refractivity contribution in [2.45, 2.75) is 6.18 Å². The quantitative estimate of drug-likeness (QED) is 0.727. The lowest BCUT2D eigenvalue weighted by Gasteiger charge is -2.13. The van der Waals surface area contributed by atoms with E-state index in [1.165, 1.54) is 12.1 Å². The molecule has 0 saturated carbocycles. The predicted octanol–water partition coefficient (Wildman–Crippen LogP) is 5.74. The summed E-state index contributed by atoms with van der Waals surface area (Å²) in [5.41, 5.74) is -0.735. The number of halogens is 5. The van der Waals surface area contributed by atoms with Crippen molar-refractivity contribution in [3.8, 4) is 6.07 Å². The molecule has 0 bridgehead atoms. The van der Waals surface area contributed by atoms with Crippen LogP contribution in [0.25, 0.3) is 0 Å². The predicted molar refractivity (Wildman–Crippen MR) is 78.6 cm³/mol. The lowest BCUT2D eigenvalue weighted by molar-refractivity contribution is -0.137. The molecule has 0 fully saturated rings. The molecule has 0 amide bonds. The van der Waals surface area contributed by atoms with Crippen LogP contribution >= 0.6 is 27.5 Å². The van der Waals surface area contributed by atoms with Crippen LogP contribution in [0.15, 0.2) is 40.9 Å². The number of nitriles is 1. The van der Waals surface area contributed by atoms with Crippen molar-refractivity contribution in [2.75, 3.05) is 5.32 Å². The van der Waals surface area contributed by atoms with Gasteiger partial charge in [-0.15, -0.1) is 0 Å². The Bertz CT molecular complexity index is 723. The number of alkyl halides is 3. The fourth-order valence-electron chi connectivity index (χ4n) is 1.70. The zero-order chi connectivity index (χ0) is 15.6. The molecule has 0 aliphatic rings. The van der Waals surface area contributed by atoms with Crippen molar-refractivity contribution in [1.82, 2.24) is 0 Å². The van der Waals surface area contributed by atoms with E-state index in [0.717, 1.165) is 16.6 Å². The zero-order valence-electron chi connectivity index (χ0n) is 10.3. The summed E-state index contributed by atoms with van der Waals surface area (Å²) in [5.74, 6) is 0. The lowest BCUT2D eigenvalue weighted by Crippen LogP contribution is -2.08. The second-order valence-corrected chi connectivity index (χ2v) is 5.44. The van der Waals surface area contributed by atoms with E-state index in [4.69, 9.17) is 16.9 Å². The van der Waals surface area contributed by atoms with Crippen molar-refractivity contribution in [3.05, 3.63) is 57.0 Å². The Balaban J connectivity index is 2.40. The van der Waals surface area contributed by atoms with Crippen LogP contribution in [-0.4, -0.2) is 0 Å². The summed E-state index contributed by atoms with van der Waals surface area (Å²) < 4.78 is 39.4. The molecule has 0 unspecified atom stereocenters. The van der Waals surface area contributed by atoms with E-state index in [1.807, 2.05) is 0 Å². The van der Waals surface area contributed by atoms with Gasteiger partial charge in [0.25, 0.3) is 0 Å². The summed E-state index contributed by atoms with van der Waals surface area (Å²) in [4.78, 5) is 0. The zero-order valence-corrected chi connectivity index (χ0v) is 12.6. The molecule has 0 aliphatic heterocycles. The number of rotatable bonds is 2. The van der Waals surface area contributed by atoms with Crippen molar-refractivity contribution >= 4 is 38.9 Å². The van der Waals surface area contributed by atoms with Gasteiger partial charge in [-0.1, -0.05) is 27.5 Å². The second kappa shape index (κ2) is 5.96. The Labute approximate surface area is 132 Å². The molecule has 2 aromatic rings. The highest BCUT2D eigenvalue weighted by Gasteiger charge is 2.33. The normalized spacial score (nSPS) is 11.0. The summed E-state index contributed by atoms with van der Waals surface area (Å²) in [5, 5.41) is 11.9. The summed E-state index contributed by atoms with van der Waals surface area (Å²) in [6, 6.07) is 9.91. The minimum atomic E-state index is -4.59. The minimum absolute atomic E-state index is 0.200. The highest BCUT2D eigenvalue weighted by atomic mass is 79.9. The van der Waals surface area contributed by atoms with Gasteiger partial charge in [0.2, 0.25) is 0 Å². The Morgan fingerprint density at radius 2 is 1.86 bits per heavy atom. The molecule has 0 aromatic heterocycles. The highest BCUT2D eigenvalue weighted by Crippen LogP contribution is 2.35. The Morgan fingerprint density at radius 1 is 1.14 bits per heavy atom. The first-order chi connectivity index (χ1) is 9.81. The Hall–Kier alpha value is -1.71. The van der Waals surface area contributed by atoms with Crippen LogP contribution in [0.5, 0.6) is 0 Å². The molecular weight excluding hydrogens is 369 g/mol. The summed E-state index contributed by atoms with van der Waals surface area (Å²) in [6.45, 7) is 0. The average molecular weight is 376 g/mol. The van der Waals surface area contributed by atoms with Gasteiger partial charge in [0.1, 0.15) is 0 Å². The molecule has 0 spiro atoms. The molecule has 108 valence electrons. The molecule has 0 atom stereocenters. The third kappa shape index (κ3) is 3.69. The molecular formula is C14H7BrClF3N2. The number of nitrogens with one attached hydrogen (secondary N) is 1. The second-order valence-electron chi connectivity index (χ2n) is 4.12. The van der Waals surface area contributed by atoms with Gasteiger partial charge in [-0.2, -0.15) is 18.4 Å². The van der Waals surface area contributed by atoms with Crippen LogP contribution in [0.1, 0.15) is 11.1 Å². The monoisotopic (exact) mass is 374 g/mol. The van der Waals surface area contributed by atoms with Crippen LogP contribution < -0.4 is 5.32 Å². The third-order valence-corrected chi connectivity index (χ3v) is 3.46. The molecule has 7 heteroatoms. The first-order valence-corrected chi connectivity index (χ1v) is 6.82. The van der Waals surface area contributed by atoms with E-state index < -0.39 is 17.3 Å². The van der Waals surface area contributed by atoms with Crippen LogP contribution in [0.2, 0.25) is 5.02 Å². The Morgan fingerprint density at radius 3 is 2.43 bits per heavy atom.